The van der Waals surface area contributed by atoms with Gasteiger partial charge in [0, 0.05) is 0 Å². The predicted molar refractivity (Wildman–Crippen MR) is 69.9 cm³/mol. The average molecular weight is 226 g/mol. The Bertz CT molecular complexity index is 470. The van der Waals surface area contributed by atoms with Gasteiger partial charge in [-0.1, -0.05) is 48.1 Å². The number of hydrogen-bond acceptors (Lipinski definition) is 1. The SMILES string of the molecule is Cc1cccc(C2CCC3=CC=CCC3O2)c1. The first-order chi connectivity index (χ1) is 8.33. The van der Waals surface area contributed by atoms with E-state index < -0.39 is 0 Å². The third kappa shape index (κ3) is 2.20. The highest BCUT2D eigenvalue weighted by molar-refractivity contribution is 5.28. The largest absolute Gasteiger partial charge is 0.366 e. The molecule has 17 heavy (non-hydrogen) atoms. The Kier molecular flexibility index (Phi) is 2.86. The van der Waals surface area contributed by atoms with Gasteiger partial charge in [-0.15, -0.1) is 0 Å². The first kappa shape index (κ1) is 10.8. The Labute approximate surface area is 103 Å². The highest BCUT2D eigenvalue weighted by Crippen LogP contribution is 2.36. The maximum atomic E-state index is 6.21. The number of fused-ring (bicyclic) bond motifs is 1. The number of benzene rings is 1. The van der Waals surface area contributed by atoms with Gasteiger partial charge in [0.05, 0.1) is 12.2 Å². The summed E-state index contributed by atoms with van der Waals surface area (Å²) in [5.41, 5.74) is 4.12. The van der Waals surface area contributed by atoms with E-state index in [-0.39, 0.29) is 6.10 Å². The topological polar surface area (TPSA) is 9.23 Å². The minimum absolute atomic E-state index is 0.281. The second-order valence-electron chi connectivity index (χ2n) is 4.97. The van der Waals surface area contributed by atoms with E-state index >= 15 is 0 Å². The molecule has 1 aromatic carbocycles. The molecule has 2 atom stereocenters. The summed E-state index contributed by atoms with van der Waals surface area (Å²) in [6, 6.07) is 8.70. The summed E-state index contributed by atoms with van der Waals surface area (Å²) in [5, 5.41) is 0. The highest BCUT2D eigenvalue weighted by atomic mass is 16.5. The van der Waals surface area contributed by atoms with E-state index in [1.54, 1.807) is 0 Å². The molecule has 0 radical (unpaired) electrons. The summed E-state index contributed by atoms with van der Waals surface area (Å²) in [6.07, 6.45) is 10.5. The van der Waals surface area contributed by atoms with Crippen LogP contribution in [0.15, 0.2) is 48.1 Å². The number of allylic oxidation sites excluding steroid dienone is 2. The normalized spacial score (nSPS) is 27.5. The summed E-state index contributed by atoms with van der Waals surface area (Å²) in [4.78, 5) is 0. The Morgan fingerprint density at radius 1 is 1.24 bits per heavy atom. The van der Waals surface area contributed by atoms with Gasteiger partial charge in [0.15, 0.2) is 0 Å². The second kappa shape index (κ2) is 4.50. The lowest BCUT2D eigenvalue weighted by Gasteiger charge is -2.33. The van der Waals surface area contributed by atoms with Gasteiger partial charge in [0.25, 0.3) is 0 Å². The van der Waals surface area contributed by atoms with Crippen molar-refractivity contribution >= 4 is 0 Å². The number of ether oxygens (including phenoxy) is 1. The van der Waals surface area contributed by atoms with Gasteiger partial charge in [0.2, 0.25) is 0 Å². The summed E-state index contributed by atoms with van der Waals surface area (Å²) in [5.74, 6) is 0. The Balaban J connectivity index is 1.79. The van der Waals surface area contributed by atoms with Gasteiger partial charge < -0.3 is 4.74 Å². The zero-order chi connectivity index (χ0) is 11.7. The van der Waals surface area contributed by atoms with Crippen LogP contribution in [-0.2, 0) is 4.74 Å². The molecular formula is C16H18O. The van der Waals surface area contributed by atoms with Crippen molar-refractivity contribution in [1.29, 1.82) is 0 Å². The number of hydrogen-bond donors (Lipinski definition) is 0. The van der Waals surface area contributed by atoms with Gasteiger partial charge in [0.1, 0.15) is 0 Å². The van der Waals surface area contributed by atoms with Crippen LogP contribution in [0.25, 0.3) is 0 Å². The molecule has 0 amide bonds. The van der Waals surface area contributed by atoms with E-state index in [1.165, 1.54) is 23.1 Å². The molecule has 0 bridgehead atoms. The molecule has 0 spiro atoms. The van der Waals surface area contributed by atoms with E-state index in [0.29, 0.717) is 6.10 Å². The third-order valence-electron chi connectivity index (χ3n) is 3.65. The fraction of sp³-hybridized carbons (Fsp3) is 0.375. The molecule has 0 aromatic heterocycles. The van der Waals surface area contributed by atoms with Gasteiger partial charge in [-0.2, -0.15) is 0 Å². The Hall–Kier alpha value is -1.34. The van der Waals surface area contributed by atoms with Crippen LogP contribution in [0.4, 0.5) is 0 Å². The Morgan fingerprint density at radius 3 is 3.06 bits per heavy atom. The quantitative estimate of drug-likeness (QED) is 0.700. The monoisotopic (exact) mass is 226 g/mol. The molecule has 1 fully saturated rings. The van der Waals surface area contributed by atoms with Crippen molar-refractivity contribution in [2.24, 2.45) is 0 Å². The molecule has 0 saturated carbocycles. The molecule has 1 aliphatic carbocycles. The van der Waals surface area contributed by atoms with Crippen LogP contribution >= 0.6 is 0 Å². The molecule has 2 unspecified atom stereocenters. The van der Waals surface area contributed by atoms with Crippen molar-refractivity contribution in [3.63, 3.8) is 0 Å². The number of rotatable bonds is 1. The molecule has 1 aliphatic heterocycles. The van der Waals surface area contributed by atoms with Crippen LogP contribution in [0, 0.1) is 6.92 Å². The van der Waals surface area contributed by atoms with Crippen molar-refractivity contribution in [3.05, 3.63) is 59.2 Å². The van der Waals surface area contributed by atoms with Crippen LogP contribution in [0.3, 0.4) is 0 Å². The van der Waals surface area contributed by atoms with Crippen molar-refractivity contribution < 1.29 is 4.74 Å². The average Bonchev–Trinajstić information content (AvgIpc) is 2.38. The molecule has 1 aromatic rings. The molecule has 1 saturated heterocycles. The van der Waals surface area contributed by atoms with E-state index in [4.69, 9.17) is 4.74 Å². The number of aryl methyl sites for hydroxylation is 1. The minimum atomic E-state index is 0.281. The summed E-state index contributed by atoms with van der Waals surface area (Å²) in [7, 11) is 0. The summed E-state index contributed by atoms with van der Waals surface area (Å²) >= 11 is 0. The minimum Gasteiger partial charge on any atom is -0.366 e. The molecule has 2 aliphatic rings. The van der Waals surface area contributed by atoms with Crippen LogP contribution < -0.4 is 0 Å². The standard InChI is InChI=1S/C16H18O/c1-12-5-4-7-14(11-12)16-10-9-13-6-2-3-8-15(13)17-16/h2-7,11,15-16H,8-10H2,1H3. The van der Waals surface area contributed by atoms with Crippen LogP contribution in [0.2, 0.25) is 0 Å². The summed E-state index contributed by atoms with van der Waals surface area (Å²) < 4.78 is 6.21. The van der Waals surface area contributed by atoms with Crippen LogP contribution in [0.1, 0.15) is 36.5 Å². The smallest absolute Gasteiger partial charge is 0.0836 e. The van der Waals surface area contributed by atoms with Crippen molar-refractivity contribution in [3.8, 4) is 0 Å². The first-order valence-electron chi connectivity index (χ1n) is 6.40. The van der Waals surface area contributed by atoms with Gasteiger partial charge in [-0.05, 0) is 37.3 Å². The lowest BCUT2D eigenvalue weighted by Crippen LogP contribution is -2.25. The van der Waals surface area contributed by atoms with Crippen LogP contribution in [-0.4, -0.2) is 6.10 Å². The maximum Gasteiger partial charge on any atom is 0.0836 e. The van der Waals surface area contributed by atoms with E-state index in [2.05, 4.69) is 49.4 Å². The van der Waals surface area contributed by atoms with E-state index in [0.717, 1.165) is 12.8 Å². The first-order valence-corrected chi connectivity index (χ1v) is 6.40. The zero-order valence-electron chi connectivity index (χ0n) is 10.2. The molecule has 3 rings (SSSR count). The van der Waals surface area contributed by atoms with E-state index in [9.17, 15) is 0 Å². The van der Waals surface area contributed by atoms with Gasteiger partial charge >= 0.3 is 0 Å². The van der Waals surface area contributed by atoms with Gasteiger partial charge in [-0.25, -0.2) is 0 Å². The zero-order valence-corrected chi connectivity index (χ0v) is 10.2. The van der Waals surface area contributed by atoms with Gasteiger partial charge in [-0.3, -0.25) is 0 Å². The lowest BCUT2D eigenvalue weighted by atomic mass is 9.90. The maximum absolute atomic E-state index is 6.21. The van der Waals surface area contributed by atoms with Crippen molar-refractivity contribution in [1.82, 2.24) is 0 Å². The third-order valence-corrected chi connectivity index (χ3v) is 3.65. The predicted octanol–water partition coefficient (Wildman–Crippen LogP) is 4.10. The lowest BCUT2D eigenvalue weighted by molar-refractivity contribution is -0.0195. The Morgan fingerprint density at radius 2 is 2.18 bits per heavy atom. The highest BCUT2D eigenvalue weighted by Gasteiger charge is 2.27. The summed E-state index contributed by atoms with van der Waals surface area (Å²) in [6.45, 7) is 2.14. The molecule has 1 heterocycles. The molecular weight excluding hydrogens is 208 g/mol. The molecule has 88 valence electrons. The molecule has 1 nitrogen and oxygen atoms in total. The van der Waals surface area contributed by atoms with Crippen molar-refractivity contribution in [2.45, 2.75) is 38.4 Å². The van der Waals surface area contributed by atoms with E-state index in [1.807, 2.05) is 0 Å². The molecule has 0 N–H and O–H groups in total. The molecule has 1 heteroatoms. The van der Waals surface area contributed by atoms with Crippen molar-refractivity contribution in [2.75, 3.05) is 0 Å². The van der Waals surface area contributed by atoms with Crippen LogP contribution in [0.5, 0.6) is 0 Å². The fourth-order valence-corrected chi connectivity index (χ4v) is 2.72. The fourth-order valence-electron chi connectivity index (χ4n) is 2.72. The second-order valence-corrected chi connectivity index (χ2v) is 4.97.